The van der Waals surface area contributed by atoms with Gasteiger partial charge in [-0.15, -0.1) is 0 Å². The Bertz CT molecular complexity index is 1220. The van der Waals surface area contributed by atoms with E-state index >= 15 is 0 Å². The lowest BCUT2D eigenvalue weighted by Crippen LogP contribution is -2.41. The van der Waals surface area contributed by atoms with E-state index in [1.807, 2.05) is 24.0 Å². The van der Waals surface area contributed by atoms with Crippen molar-refractivity contribution in [2.24, 2.45) is 0 Å². The van der Waals surface area contributed by atoms with Crippen LogP contribution in [0.5, 0.6) is 0 Å². The van der Waals surface area contributed by atoms with E-state index in [1.165, 1.54) is 10.9 Å². The summed E-state index contributed by atoms with van der Waals surface area (Å²) in [6.07, 6.45) is 4.45. The Morgan fingerprint density at radius 2 is 1.97 bits per heavy atom. The zero-order valence-corrected chi connectivity index (χ0v) is 18.4. The lowest BCUT2D eigenvalue weighted by atomic mass is 9.89. The summed E-state index contributed by atoms with van der Waals surface area (Å²) in [6.45, 7) is 3.21. The van der Waals surface area contributed by atoms with Crippen LogP contribution in [0.15, 0.2) is 36.5 Å². The van der Waals surface area contributed by atoms with Gasteiger partial charge in [0.25, 0.3) is 0 Å². The highest BCUT2D eigenvalue weighted by Gasteiger charge is 2.32. The topological polar surface area (TPSA) is 100 Å². The number of para-hydroxylation sites is 1. The molecule has 1 atom stereocenters. The standard InChI is InChI=1S/C22H27N5O3S/c1-15-12-21(27(25-15)17-8-11-31(29,30)14-17)24-22(28)26-9-6-16(7-10-26)19-13-23-20-5-3-2-4-18(19)20/h2-5,12-13,16-17,23H,6-11,14H2,1H3,(H,24,28). The van der Waals surface area contributed by atoms with Gasteiger partial charge in [-0.2, -0.15) is 5.10 Å². The van der Waals surface area contributed by atoms with Crippen molar-refractivity contribution < 1.29 is 13.2 Å². The third kappa shape index (κ3) is 3.94. The number of piperidine rings is 1. The number of hydrogen-bond donors (Lipinski definition) is 2. The second-order valence-corrected chi connectivity index (χ2v) is 10.9. The molecule has 0 spiro atoms. The van der Waals surface area contributed by atoms with E-state index < -0.39 is 9.84 Å². The van der Waals surface area contributed by atoms with Gasteiger partial charge >= 0.3 is 6.03 Å². The first-order chi connectivity index (χ1) is 14.9. The number of amides is 2. The number of anilines is 1. The molecule has 2 aliphatic rings. The van der Waals surface area contributed by atoms with Gasteiger partial charge in [0.05, 0.1) is 23.2 Å². The quantitative estimate of drug-likeness (QED) is 0.650. The Balaban J connectivity index is 1.25. The Labute approximate surface area is 181 Å². The predicted octanol–water partition coefficient (Wildman–Crippen LogP) is 3.44. The lowest BCUT2D eigenvalue weighted by molar-refractivity contribution is 0.194. The van der Waals surface area contributed by atoms with Crippen LogP contribution in [-0.2, 0) is 9.84 Å². The number of sulfone groups is 1. The molecule has 2 fully saturated rings. The summed E-state index contributed by atoms with van der Waals surface area (Å²) in [4.78, 5) is 18.1. The molecule has 31 heavy (non-hydrogen) atoms. The van der Waals surface area contributed by atoms with Crippen LogP contribution in [0.3, 0.4) is 0 Å². The van der Waals surface area contributed by atoms with Crippen LogP contribution in [0.2, 0.25) is 0 Å². The zero-order chi connectivity index (χ0) is 21.6. The summed E-state index contributed by atoms with van der Waals surface area (Å²) >= 11 is 0. The number of nitrogens with one attached hydrogen (secondary N) is 2. The minimum atomic E-state index is -3.03. The maximum Gasteiger partial charge on any atom is 0.323 e. The van der Waals surface area contributed by atoms with Crippen molar-refractivity contribution >= 4 is 32.6 Å². The average molecular weight is 442 g/mol. The number of rotatable bonds is 3. The molecule has 164 valence electrons. The van der Waals surface area contributed by atoms with E-state index in [4.69, 9.17) is 0 Å². The minimum absolute atomic E-state index is 0.0764. The maximum absolute atomic E-state index is 12.9. The lowest BCUT2D eigenvalue weighted by Gasteiger charge is -2.32. The third-order valence-electron chi connectivity index (χ3n) is 6.49. The van der Waals surface area contributed by atoms with E-state index in [-0.39, 0.29) is 23.6 Å². The molecule has 0 bridgehead atoms. The van der Waals surface area contributed by atoms with Crippen LogP contribution in [0, 0.1) is 6.92 Å². The van der Waals surface area contributed by atoms with Gasteiger partial charge in [0.2, 0.25) is 0 Å². The van der Waals surface area contributed by atoms with Crippen LogP contribution >= 0.6 is 0 Å². The van der Waals surface area contributed by atoms with Crippen LogP contribution in [-0.4, -0.2) is 58.7 Å². The summed E-state index contributed by atoms with van der Waals surface area (Å²) in [5.41, 5.74) is 3.24. The molecule has 2 aliphatic heterocycles. The number of carbonyl (C=O) groups excluding carboxylic acids is 1. The molecule has 2 amide bonds. The van der Waals surface area contributed by atoms with E-state index in [1.54, 1.807) is 4.68 Å². The van der Waals surface area contributed by atoms with E-state index in [2.05, 4.69) is 39.8 Å². The summed E-state index contributed by atoms with van der Waals surface area (Å²) < 4.78 is 25.4. The Morgan fingerprint density at radius 3 is 2.71 bits per heavy atom. The SMILES string of the molecule is Cc1cc(NC(=O)N2CCC(c3c[nH]c4ccccc34)CC2)n(C2CCS(=O)(=O)C2)n1. The molecule has 2 saturated heterocycles. The average Bonchev–Trinajstić information content (AvgIpc) is 3.44. The highest BCUT2D eigenvalue weighted by molar-refractivity contribution is 7.91. The van der Waals surface area contributed by atoms with Gasteiger partial charge in [0.1, 0.15) is 5.82 Å². The molecule has 1 aromatic carbocycles. The number of likely N-dealkylation sites (tertiary alicyclic amines) is 1. The van der Waals surface area contributed by atoms with Gasteiger partial charge < -0.3 is 9.88 Å². The molecule has 9 heteroatoms. The summed E-state index contributed by atoms with van der Waals surface area (Å²) in [6, 6.07) is 9.75. The van der Waals surface area contributed by atoms with Crippen molar-refractivity contribution in [3.63, 3.8) is 0 Å². The molecule has 0 radical (unpaired) electrons. The van der Waals surface area contributed by atoms with E-state index in [0.29, 0.717) is 31.2 Å². The summed E-state index contributed by atoms with van der Waals surface area (Å²) in [7, 11) is -3.03. The fraction of sp³-hybridized carbons (Fsp3) is 0.455. The smallest absolute Gasteiger partial charge is 0.323 e. The number of aromatic nitrogens is 3. The Morgan fingerprint density at radius 1 is 1.19 bits per heavy atom. The maximum atomic E-state index is 12.9. The Hall–Kier alpha value is -2.81. The predicted molar refractivity (Wildman–Crippen MR) is 120 cm³/mol. The van der Waals surface area contributed by atoms with Crippen molar-refractivity contribution in [3.8, 4) is 0 Å². The number of aromatic amines is 1. The summed E-state index contributed by atoms with van der Waals surface area (Å²) in [5, 5.41) is 8.68. The molecule has 8 nitrogen and oxygen atoms in total. The fourth-order valence-corrected chi connectivity index (χ4v) is 6.56. The second kappa shape index (κ2) is 7.71. The third-order valence-corrected chi connectivity index (χ3v) is 8.24. The molecule has 2 N–H and O–H groups in total. The first kappa shape index (κ1) is 20.1. The monoisotopic (exact) mass is 441 g/mol. The highest BCUT2D eigenvalue weighted by atomic mass is 32.2. The highest BCUT2D eigenvalue weighted by Crippen LogP contribution is 2.33. The van der Waals surface area contributed by atoms with Crippen molar-refractivity contribution in [2.45, 2.75) is 38.1 Å². The number of hydrogen-bond acceptors (Lipinski definition) is 4. The number of carbonyl (C=O) groups is 1. The minimum Gasteiger partial charge on any atom is -0.361 e. The number of nitrogens with zero attached hydrogens (tertiary/aromatic N) is 3. The summed E-state index contributed by atoms with van der Waals surface area (Å²) in [5.74, 6) is 1.25. The molecule has 2 aromatic heterocycles. The molecular formula is C22H27N5O3S. The normalized spacial score (nSPS) is 21.6. The Kier molecular flexibility index (Phi) is 5.00. The number of aryl methyl sites for hydroxylation is 1. The molecule has 1 unspecified atom stereocenters. The van der Waals surface area contributed by atoms with Crippen molar-refractivity contribution in [2.75, 3.05) is 29.9 Å². The van der Waals surface area contributed by atoms with Gasteiger partial charge in [-0.25, -0.2) is 17.9 Å². The molecule has 0 saturated carbocycles. The first-order valence-corrected chi connectivity index (χ1v) is 12.6. The van der Waals surface area contributed by atoms with Gasteiger partial charge in [0.15, 0.2) is 9.84 Å². The van der Waals surface area contributed by atoms with E-state index in [9.17, 15) is 13.2 Å². The van der Waals surface area contributed by atoms with Gasteiger partial charge in [-0.05, 0) is 43.7 Å². The van der Waals surface area contributed by atoms with E-state index in [0.717, 1.165) is 24.1 Å². The molecule has 4 heterocycles. The van der Waals surface area contributed by atoms with Crippen LogP contribution in [0.4, 0.5) is 10.6 Å². The number of H-pyrrole nitrogens is 1. The molecular weight excluding hydrogens is 414 g/mol. The van der Waals surface area contributed by atoms with Gasteiger partial charge in [-0.3, -0.25) is 5.32 Å². The van der Waals surface area contributed by atoms with Crippen molar-refractivity contribution in [1.82, 2.24) is 19.7 Å². The number of fused-ring (bicyclic) bond motifs is 1. The molecule has 5 rings (SSSR count). The van der Waals surface area contributed by atoms with Crippen molar-refractivity contribution in [3.05, 3.63) is 47.8 Å². The zero-order valence-electron chi connectivity index (χ0n) is 17.5. The molecule has 3 aromatic rings. The van der Waals surface area contributed by atoms with Gasteiger partial charge in [0, 0.05) is 36.3 Å². The fourth-order valence-electron chi connectivity index (χ4n) is 4.87. The first-order valence-electron chi connectivity index (χ1n) is 10.8. The van der Waals surface area contributed by atoms with Gasteiger partial charge in [-0.1, -0.05) is 18.2 Å². The molecule has 0 aliphatic carbocycles. The van der Waals surface area contributed by atoms with Crippen LogP contribution in [0.1, 0.15) is 42.5 Å². The van der Waals surface area contributed by atoms with Crippen molar-refractivity contribution in [1.29, 1.82) is 0 Å². The van der Waals surface area contributed by atoms with Crippen LogP contribution < -0.4 is 5.32 Å². The largest absolute Gasteiger partial charge is 0.361 e. The second-order valence-electron chi connectivity index (χ2n) is 8.65. The number of benzene rings is 1. The number of urea groups is 1. The van der Waals surface area contributed by atoms with Crippen LogP contribution in [0.25, 0.3) is 10.9 Å².